The van der Waals surface area contributed by atoms with Gasteiger partial charge in [0.1, 0.15) is 0 Å². The fourth-order valence-corrected chi connectivity index (χ4v) is 8.74. The maximum absolute atomic E-state index is 14.2. The van der Waals surface area contributed by atoms with Crippen LogP contribution >= 0.6 is 7.51 Å². The molecule has 3 aliphatic rings. The fourth-order valence-electron chi connectivity index (χ4n) is 4.21. The molecule has 3 aliphatic heterocycles. The molecule has 3 heterocycles. The molecule has 0 unspecified atom stereocenters. The van der Waals surface area contributed by atoms with Crippen molar-refractivity contribution < 1.29 is 70.8 Å². The van der Waals surface area contributed by atoms with Crippen molar-refractivity contribution in [1.29, 1.82) is 0 Å². The van der Waals surface area contributed by atoms with Gasteiger partial charge in [-0.1, -0.05) is 0 Å². The molecule has 0 aliphatic carbocycles. The molecule has 0 N–H and O–H groups in total. The molecule has 4 nitrogen and oxygen atoms in total. The van der Waals surface area contributed by atoms with Gasteiger partial charge in [0.2, 0.25) is 0 Å². The summed E-state index contributed by atoms with van der Waals surface area (Å²) >= 11 is 0. The summed E-state index contributed by atoms with van der Waals surface area (Å²) in [5.41, 5.74) is -15.1. The first-order valence-corrected chi connectivity index (χ1v) is 11.0. The monoisotopic (exact) mass is 538 g/mol. The molecule has 4 rings (SSSR count). The molecule has 1 aromatic carbocycles. The van der Waals surface area contributed by atoms with E-state index in [9.17, 15) is 52.7 Å². The van der Waals surface area contributed by atoms with Gasteiger partial charge in [0, 0.05) is 0 Å². The Morgan fingerprint density at radius 3 is 1.44 bits per heavy atom. The van der Waals surface area contributed by atoms with E-state index in [-0.39, 0.29) is 6.42 Å². The molecule has 2 fully saturated rings. The maximum atomic E-state index is 14.2. The van der Waals surface area contributed by atoms with E-state index in [4.69, 9.17) is 9.05 Å². The van der Waals surface area contributed by atoms with Crippen LogP contribution in [0.25, 0.3) is 5.57 Å². The van der Waals surface area contributed by atoms with Crippen molar-refractivity contribution in [3.8, 4) is 0 Å². The second-order valence-electron chi connectivity index (χ2n) is 7.46. The zero-order valence-electron chi connectivity index (χ0n) is 16.1. The molecule has 1 aromatic rings. The Morgan fingerprint density at radius 1 is 0.618 bits per heavy atom. The second kappa shape index (κ2) is 6.78. The first kappa shape index (κ1) is 25.5. The Labute approximate surface area is 181 Å². The van der Waals surface area contributed by atoms with Crippen LogP contribution in [0.15, 0.2) is 35.6 Å². The van der Waals surface area contributed by atoms with Crippen LogP contribution < -0.4 is 0 Å². The molecule has 0 amide bonds. The topological polar surface area (TPSA) is 36.9 Å². The van der Waals surface area contributed by atoms with Gasteiger partial charge in [-0.15, -0.1) is 0 Å². The van der Waals surface area contributed by atoms with Gasteiger partial charge in [-0.2, -0.15) is 0 Å². The van der Waals surface area contributed by atoms with Crippen LogP contribution in [0.1, 0.15) is 12.0 Å². The van der Waals surface area contributed by atoms with E-state index in [1.54, 1.807) is 0 Å². The number of hydrogen-bond donors (Lipinski definition) is 0. The number of benzene rings is 1. The average molecular weight is 538 g/mol. The molecule has 1 spiro atoms. The van der Waals surface area contributed by atoms with E-state index in [1.165, 1.54) is 0 Å². The quantitative estimate of drug-likeness (QED) is 0.290. The molecule has 34 heavy (non-hydrogen) atoms. The van der Waals surface area contributed by atoms with Gasteiger partial charge >= 0.3 is 181 Å². The van der Waals surface area contributed by atoms with Gasteiger partial charge in [0.15, 0.2) is 0 Å². The summed E-state index contributed by atoms with van der Waals surface area (Å²) in [6.07, 6.45) is -26.7. The Kier molecular flexibility index (Phi) is 5.08. The Morgan fingerprint density at radius 2 is 1.03 bits per heavy atom. The van der Waals surface area contributed by atoms with E-state index in [0.29, 0.717) is 12.1 Å². The molecule has 17 heteroatoms. The summed E-state index contributed by atoms with van der Waals surface area (Å²) in [6, 6.07) is 3.68. The van der Waals surface area contributed by atoms with Crippen molar-refractivity contribution in [3.05, 3.63) is 41.2 Å². The molecule has 0 bridgehead atoms. The van der Waals surface area contributed by atoms with E-state index < -0.39 is 73.1 Å². The third kappa shape index (κ3) is 2.83. The average Bonchev–Trinajstić information content (AvgIpc) is 2.86. The predicted octanol–water partition coefficient (Wildman–Crippen LogP) is 6.84. The molecule has 0 saturated carbocycles. The third-order valence-electron chi connectivity index (χ3n) is 5.45. The Balaban J connectivity index is 2.26. The summed E-state index contributed by atoms with van der Waals surface area (Å²) in [5, 5.41) is -2.54. The van der Waals surface area contributed by atoms with Crippen molar-refractivity contribution in [2.45, 2.75) is 42.3 Å². The minimum atomic E-state index is -6.92. The molecule has 0 aromatic heterocycles. The number of hydrogen-bond acceptors (Lipinski definition) is 4. The van der Waals surface area contributed by atoms with Gasteiger partial charge in [-0.05, 0) is 0 Å². The Hall–Kier alpha value is -1.61. The van der Waals surface area contributed by atoms with Crippen molar-refractivity contribution in [3.63, 3.8) is 0 Å². The van der Waals surface area contributed by atoms with Crippen LogP contribution in [0.3, 0.4) is 0 Å². The number of alkyl halides is 12. The summed E-state index contributed by atoms with van der Waals surface area (Å²) in [7, 11) is -6.92. The SMILES string of the molecule is FC(F)(F)C1(C(F)(F)F)OP23(OCCCO2)OC(C(F)(F)F)(C(F)(F)F)C3=C1c1ccccc1. The number of rotatable bonds is 1. The van der Waals surface area contributed by atoms with E-state index in [0.717, 1.165) is 18.2 Å². The van der Waals surface area contributed by atoms with Crippen LogP contribution in [0.4, 0.5) is 52.7 Å². The van der Waals surface area contributed by atoms with Crippen molar-refractivity contribution in [2.75, 3.05) is 13.2 Å². The van der Waals surface area contributed by atoms with Gasteiger partial charge < -0.3 is 0 Å². The van der Waals surface area contributed by atoms with Crippen LogP contribution in [-0.4, -0.2) is 49.1 Å². The summed E-state index contributed by atoms with van der Waals surface area (Å²) in [4.78, 5) is 0. The predicted molar refractivity (Wildman–Crippen MR) is 88.7 cm³/mol. The zero-order chi connectivity index (χ0) is 25.7. The first-order valence-electron chi connectivity index (χ1n) is 9.12. The molecular formula is C17H11F12O4P. The summed E-state index contributed by atoms with van der Waals surface area (Å²) < 4.78 is 187. The molecule has 2 saturated heterocycles. The fraction of sp³-hybridized carbons (Fsp3) is 0.529. The summed E-state index contributed by atoms with van der Waals surface area (Å²) in [5.74, 6) is 0. The Bertz CT molecular complexity index is 990. The normalized spacial score (nSPS) is 27.0. The number of halogens is 12. The minimum absolute atomic E-state index is 0.283. The van der Waals surface area contributed by atoms with Gasteiger partial charge in [0.05, 0.1) is 0 Å². The van der Waals surface area contributed by atoms with Gasteiger partial charge in [-0.3, -0.25) is 0 Å². The molecule has 0 radical (unpaired) electrons. The van der Waals surface area contributed by atoms with Crippen LogP contribution in [0.5, 0.6) is 0 Å². The zero-order valence-corrected chi connectivity index (χ0v) is 17.0. The van der Waals surface area contributed by atoms with Crippen molar-refractivity contribution >= 4 is 13.1 Å². The van der Waals surface area contributed by atoms with Crippen molar-refractivity contribution in [2.24, 2.45) is 0 Å². The standard InChI is InChI=1S/C17H11F12O4P/c18-14(19,20)12(15(21,22)23)10(9-5-2-1-3-6-9)11-13(16(24,25)26,17(27,28)29)33-34(11,32-12)30-7-4-8-31-34/h1-3,5-6H,4,7-8H2. The van der Waals surface area contributed by atoms with Gasteiger partial charge in [-0.25, -0.2) is 0 Å². The van der Waals surface area contributed by atoms with Crippen molar-refractivity contribution in [1.82, 2.24) is 0 Å². The van der Waals surface area contributed by atoms with E-state index in [2.05, 4.69) is 9.05 Å². The van der Waals surface area contributed by atoms with E-state index in [1.807, 2.05) is 0 Å². The van der Waals surface area contributed by atoms with Gasteiger partial charge in [0.25, 0.3) is 0 Å². The third-order valence-corrected chi connectivity index (χ3v) is 9.15. The molecule has 192 valence electrons. The van der Waals surface area contributed by atoms with Crippen LogP contribution in [0.2, 0.25) is 0 Å². The molecular weight excluding hydrogens is 527 g/mol. The van der Waals surface area contributed by atoms with E-state index >= 15 is 0 Å². The van der Waals surface area contributed by atoms with Crippen LogP contribution in [-0.2, 0) is 18.1 Å². The summed E-state index contributed by atoms with van der Waals surface area (Å²) in [6.45, 7) is -1.78. The first-order chi connectivity index (χ1) is 15.3. The second-order valence-corrected chi connectivity index (χ2v) is 10.4. The molecule has 0 atom stereocenters. The van der Waals surface area contributed by atoms with Crippen LogP contribution in [0, 0.1) is 0 Å².